The van der Waals surface area contributed by atoms with E-state index in [-0.39, 0.29) is 6.10 Å². The molecule has 0 saturated carbocycles. The molecule has 118 valence electrons. The van der Waals surface area contributed by atoms with Gasteiger partial charge in [0.1, 0.15) is 19.4 Å². The van der Waals surface area contributed by atoms with Gasteiger partial charge in [-0.2, -0.15) is 0 Å². The zero-order chi connectivity index (χ0) is 15.6. The van der Waals surface area contributed by atoms with Crippen LogP contribution >= 0.6 is 11.3 Å². The topological polar surface area (TPSA) is 68.7 Å². The lowest BCUT2D eigenvalue weighted by molar-refractivity contribution is 0.0732. The summed E-state index contributed by atoms with van der Waals surface area (Å²) in [5, 5.41) is 2.50. The Morgan fingerprint density at radius 3 is 2.82 bits per heavy atom. The van der Waals surface area contributed by atoms with Gasteiger partial charge < -0.3 is 14.4 Å². The van der Waals surface area contributed by atoms with Crippen molar-refractivity contribution in [1.29, 1.82) is 0 Å². The van der Waals surface area contributed by atoms with E-state index in [1.807, 2.05) is 10.3 Å². The van der Waals surface area contributed by atoms with Crippen molar-refractivity contribution in [1.82, 2.24) is 4.98 Å². The highest BCUT2D eigenvalue weighted by Gasteiger charge is 2.24. The third kappa shape index (κ3) is 3.57. The Morgan fingerprint density at radius 2 is 2.18 bits per heavy atom. The summed E-state index contributed by atoms with van der Waals surface area (Å²) in [6.07, 6.45) is 2.87. The zero-order valence-electron chi connectivity index (χ0n) is 12.0. The van der Waals surface area contributed by atoms with Crippen molar-refractivity contribution < 1.29 is 17.9 Å². The van der Waals surface area contributed by atoms with E-state index in [1.165, 1.54) is 17.6 Å². The van der Waals surface area contributed by atoms with Crippen molar-refractivity contribution >= 4 is 26.9 Å². The minimum atomic E-state index is -3.16. The van der Waals surface area contributed by atoms with Crippen molar-refractivity contribution in [2.45, 2.75) is 11.0 Å². The largest absolute Gasteiger partial charge is 0.467 e. The predicted molar refractivity (Wildman–Crippen MR) is 84.2 cm³/mol. The van der Waals surface area contributed by atoms with E-state index >= 15 is 0 Å². The maximum absolute atomic E-state index is 11.5. The normalized spacial score (nSPS) is 18.6. The van der Waals surface area contributed by atoms with Crippen LogP contribution in [0.5, 0.6) is 5.19 Å². The molecular weight excluding hydrogens is 324 g/mol. The molecular formula is C14H16N2O4S2. The second kappa shape index (κ2) is 6.23. The highest BCUT2D eigenvalue weighted by molar-refractivity contribution is 7.90. The Kier molecular flexibility index (Phi) is 4.32. The summed E-state index contributed by atoms with van der Waals surface area (Å²) >= 11 is 1.45. The van der Waals surface area contributed by atoms with Crippen LogP contribution in [-0.4, -0.2) is 45.6 Å². The lowest BCUT2D eigenvalue weighted by Crippen LogP contribution is -2.25. The van der Waals surface area contributed by atoms with Gasteiger partial charge in [-0.05, 0) is 24.3 Å². The molecule has 0 radical (unpaired) electrons. The number of sulfone groups is 1. The van der Waals surface area contributed by atoms with Gasteiger partial charge in [-0.15, -0.1) is 0 Å². The summed E-state index contributed by atoms with van der Waals surface area (Å²) in [7, 11) is -3.16. The van der Waals surface area contributed by atoms with E-state index in [9.17, 15) is 8.42 Å². The minimum absolute atomic E-state index is 0.0292. The Hall–Kier alpha value is -1.64. The number of aromatic nitrogens is 1. The van der Waals surface area contributed by atoms with Gasteiger partial charge in [-0.1, -0.05) is 11.3 Å². The summed E-state index contributed by atoms with van der Waals surface area (Å²) < 4.78 is 34.1. The first kappa shape index (κ1) is 15.3. The van der Waals surface area contributed by atoms with Crippen LogP contribution in [0.1, 0.15) is 0 Å². The van der Waals surface area contributed by atoms with Crippen LogP contribution in [-0.2, 0) is 14.6 Å². The van der Waals surface area contributed by atoms with Crippen molar-refractivity contribution in [3.05, 3.63) is 35.8 Å². The molecule has 0 aliphatic carbocycles. The average molecular weight is 340 g/mol. The quantitative estimate of drug-likeness (QED) is 0.826. The second-order valence-electron chi connectivity index (χ2n) is 5.02. The summed E-state index contributed by atoms with van der Waals surface area (Å²) in [4.78, 5) is 6.42. The molecule has 1 saturated heterocycles. The van der Waals surface area contributed by atoms with Crippen LogP contribution in [0.4, 0.5) is 5.69 Å². The van der Waals surface area contributed by atoms with Crippen LogP contribution < -0.4 is 9.64 Å². The number of thiazole rings is 1. The molecule has 2 aromatic rings. The molecule has 0 unspecified atom stereocenters. The number of rotatable bonds is 5. The molecule has 1 fully saturated rings. The number of hydrogen-bond acceptors (Lipinski definition) is 7. The number of benzene rings is 1. The Bertz CT molecular complexity index is 714. The fourth-order valence-corrected chi connectivity index (χ4v) is 3.30. The van der Waals surface area contributed by atoms with Crippen molar-refractivity contribution in [2.75, 3.05) is 31.0 Å². The molecule has 1 atom stereocenters. The summed E-state index contributed by atoms with van der Waals surface area (Å²) in [5.41, 5.74) is 0.934. The van der Waals surface area contributed by atoms with Gasteiger partial charge in [0.15, 0.2) is 9.84 Å². The van der Waals surface area contributed by atoms with E-state index in [4.69, 9.17) is 9.47 Å². The number of anilines is 1. The molecule has 0 amide bonds. The highest BCUT2D eigenvalue weighted by Crippen LogP contribution is 2.22. The van der Waals surface area contributed by atoms with Gasteiger partial charge in [0.2, 0.25) is 0 Å². The molecule has 22 heavy (non-hydrogen) atoms. The lowest BCUT2D eigenvalue weighted by Gasteiger charge is -2.16. The van der Waals surface area contributed by atoms with Gasteiger partial charge in [-0.25, -0.2) is 13.4 Å². The van der Waals surface area contributed by atoms with E-state index in [1.54, 1.807) is 30.5 Å². The molecule has 3 rings (SSSR count). The van der Waals surface area contributed by atoms with E-state index in [2.05, 4.69) is 4.98 Å². The fraction of sp³-hybridized carbons (Fsp3) is 0.357. The maximum atomic E-state index is 11.5. The van der Waals surface area contributed by atoms with E-state index in [0.717, 1.165) is 5.69 Å². The number of hydrogen-bond donors (Lipinski definition) is 0. The first-order chi connectivity index (χ1) is 10.5. The van der Waals surface area contributed by atoms with E-state index < -0.39 is 9.84 Å². The Labute approximate surface area is 133 Å². The van der Waals surface area contributed by atoms with Crippen LogP contribution in [0.3, 0.4) is 0 Å². The summed E-state index contributed by atoms with van der Waals surface area (Å²) in [6.45, 7) is 1.61. The molecule has 0 spiro atoms. The smallest absolute Gasteiger partial charge is 0.273 e. The van der Waals surface area contributed by atoms with Crippen molar-refractivity contribution in [2.24, 2.45) is 0 Å². The highest BCUT2D eigenvalue weighted by atomic mass is 32.2. The van der Waals surface area contributed by atoms with Crippen LogP contribution in [0.2, 0.25) is 0 Å². The second-order valence-corrected chi connectivity index (χ2v) is 7.89. The Balaban J connectivity index is 1.58. The van der Waals surface area contributed by atoms with E-state index in [0.29, 0.717) is 30.0 Å². The summed E-state index contributed by atoms with van der Waals surface area (Å²) in [6, 6.07) is 6.82. The van der Waals surface area contributed by atoms with Crippen molar-refractivity contribution in [3.8, 4) is 5.19 Å². The molecule has 1 aromatic heterocycles. The first-order valence-electron chi connectivity index (χ1n) is 6.71. The van der Waals surface area contributed by atoms with Gasteiger partial charge in [-0.3, -0.25) is 0 Å². The standard InChI is InChI=1S/C14H16N2O4S2/c1-22(17,18)13-4-2-11(3-5-13)16-8-12(20-10-16)9-19-14-15-6-7-21-14/h2-7,12H,8-10H2,1H3/t12-/m1/s1. The Morgan fingerprint density at radius 1 is 1.41 bits per heavy atom. The molecule has 0 bridgehead atoms. The number of ether oxygens (including phenoxy) is 2. The van der Waals surface area contributed by atoms with Crippen LogP contribution in [0.25, 0.3) is 0 Å². The van der Waals surface area contributed by atoms with Crippen LogP contribution in [0.15, 0.2) is 40.7 Å². The van der Waals surface area contributed by atoms with Gasteiger partial charge in [0, 0.05) is 30.1 Å². The molecule has 1 aliphatic heterocycles. The average Bonchev–Trinajstić information content (AvgIpc) is 3.16. The molecule has 0 N–H and O–H groups in total. The third-order valence-electron chi connectivity index (χ3n) is 3.32. The molecule has 6 nitrogen and oxygen atoms in total. The van der Waals surface area contributed by atoms with Crippen LogP contribution in [0, 0.1) is 0 Å². The lowest BCUT2D eigenvalue weighted by atomic mass is 10.3. The van der Waals surface area contributed by atoms with Gasteiger partial charge >= 0.3 is 0 Å². The first-order valence-corrected chi connectivity index (χ1v) is 9.48. The molecule has 8 heteroatoms. The van der Waals surface area contributed by atoms with Gasteiger partial charge in [0.25, 0.3) is 5.19 Å². The van der Waals surface area contributed by atoms with Gasteiger partial charge in [0.05, 0.1) is 4.90 Å². The SMILES string of the molecule is CS(=O)(=O)c1ccc(N2CO[C@@H](COc3nccs3)C2)cc1. The predicted octanol–water partition coefficient (Wildman–Crippen LogP) is 1.79. The summed E-state index contributed by atoms with van der Waals surface area (Å²) in [5.74, 6) is 0. The molecule has 1 aliphatic rings. The third-order valence-corrected chi connectivity index (χ3v) is 5.13. The zero-order valence-corrected chi connectivity index (χ0v) is 13.6. The molecule has 1 aromatic carbocycles. The monoisotopic (exact) mass is 340 g/mol. The maximum Gasteiger partial charge on any atom is 0.273 e. The number of nitrogens with zero attached hydrogens (tertiary/aromatic N) is 2. The molecule has 2 heterocycles. The van der Waals surface area contributed by atoms with Crippen molar-refractivity contribution in [3.63, 3.8) is 0 Å². The minimum Gasteiger partial charge on any atom is -0.467 e. The fourth-order valence-electron chi connectivity index (χ4n) is 2.18.